The predicted molar refractivity (Wildman–Crippen MR) is 151 cm³/mol. The molecule has 3 aliphatic rings. The molecule has 3 aromatic rings. The number of carboxylic acids is 1. The van der Waals surface area contributed by atoms with Crippen LogP contribution in [0.1, 0.15) is 56.9 Å². The van der Waals surface area contributed by atoms with Gasteiger partial charge in [0, 0.05) is 47.3 Å². The van der Waals surface area contributed by atoms with Gasteiger partial charge in [0.15, 0.2) is 5.13 Å². The summed E-state index contributed by atoms with van der Waals surface area (Å²) in [5, 5.41) is 11.9. The number of aromatic nitrogens is 2. The highest BCUT2D eigenvalue weighted by atomic mass is 32.1. The van der Waals surface area contributed by atoms with E-state index in [1.807, 2.05) is 11.4 Å². The third kappa shape index (κ3) is 5.24. The van der Waals surface area contributed by atoms with E-state index in [1.165, 1.54) is 28.4 Å². The van der Waals surface area contributed by atoms with Crippen molar-refractivity contribution < 1.29 is 23.9 Å². The van der Waals surface area contributed by atoms with E-state index in [0.717, 1.165) is 55.2 Å². The Labute approximate surface area is 235 Å². The van der Waals surface area contributed by atoms with E-state index in [9.17, 15) is 23.9 Å². The van der Waals surface area contributed by atoms with E-state index in [1.54, 1.807) is 24.2 Å². The number of aliphatic carboxylic acids is 1. The summed E-state index contributed by atoms with van der Waals surface area (Å²) in [6.07, 6.45) is 8.38. The number of benzene rings is 1. The van der Waals surface area contributed by atoms with Crippen LogP contribution in [-0.2, 0) is 20.8 Å². The largest absolute Gasteiger partial charge is 0.481 e. The molecule has 208 valence electrons. The number of halogens is 1. The number of hydrogen-bond donors (Lipinski definition) is 1. The first-order valence-corrected chi connectivity index (χ1v) is 14.7. The Morgan fingerprint density at radius 2 is 1.95 bits per heavy atom. The fourth-order valence-electron chi connectivity index (χ4n) is 6.05. The average molecular weight is 563 g/mol. The summed E-state index contributed by atoms with van der Waals surface area (Å²) in [5.74, 6) is -1.15. The van der Waals surface area contributed by atoms with Crippen molar-refractivity contribution in [2.75, 3.05) is 16.8 Å². The minimum atomic E-state index is -0.966. The van der Waals surface area contributed by atoms with Crippen molar-refractivity contribution in [1.82, 2.24) is 9.97 Å². The lowest BCUT2D eigenvalue weighted by molar-refractivity contribution is -0.141. The van der Waals surface area contributed by atoms with Gasteiger partial charge in [-0.15, -0.1) is 11.3 Å². The number of likely N-dealkylation sites (N-methyl/N-ethyl adjacent to an activating group) is 1. The normalized spacial score (nSPS) is 17.8. The number of amides is 2. The molecule has 2 saturated carbocycles. The van der Waals surface area contributed by atoms with Gasteiger partial charge in [0.2, 0.25) is 11.8 Å². The molecule has 8 nitrogen and oxygen atoms in total. The molecule has 6 rings (SSSR count). The number of fused-ring (bicyclic) bond motifs is 1. The first kappa shape index (κ1) is 26.6. The van der Waals surface area contributed by atoms with Gasteiger partial charge in [0.05, 0.1) is 18.5 Å². The van der Waals surface area contributed by atoms with Crippen molar-refractivity contribution >= 4 is 40.1 Å². The lowest BCUT2D eigenvalue weighted by Crippen LogP contribution is -2.39. The molecule has 1 aromatic carbocycles. The van der Waals surface area contributed by atoms with Gasteiger partial charge in [0.1, 0.15) is 11.6 Å². The van der Waals surface area contributed by atoms with Crippen LogP contribution in [0.5, 0.6) is 0 Å². The number of pyridine rings is 1. The molecule has 0 saturated heterocycles. The molecule has 1 N–H and O–H groups in total. The second-order valence-electron chi connectivity index (χ2n) is 11.2. The van der Waals surface area contributed by atoms with Gasteiger partial charge in [0.25, 0.3) is 0 Å². The van der Waals surface area contributed by atoms with Gasteiger partial charge in [-0.3, -0.25) is 24.2 Å². The van der Waals surface area contributed by atoms with Gasteiger partial charge in [-0.2, -0.15) is 0 Å². The number of anilines is 2. The molecule has 10 heteroatoms. The first-order chi connectivity index (χ1) is 19.3. The van der Waals surface area contributed by atoms with Crippen molar-refractivity contribution in [3.63, 3.8) is 0 Å². The number of rotatable bonds is 9. The summed E-state index contributed by atoms with van der Waals surface area (Å²) in [4.78, 5) is 50.2. The second kappa shape index (κ2) is 10.7. The molecular weight excluding hydrogens is 531 g/mol. The Morgan fingerprint density at radius 3 is 2.67 bits per heavy atom. The zero-order valence-electron chi connectivity index (χ0n) is 22.3. The van der Waals surface area contributed by atoms with Crippen LogP contribution in [0.15, 0.2) is 35.8 Å². The van der Waals surface area contributed by atoms with Crippen LogP contribution >= 0.6 is 11.3 Å². The highest BCUT2D eigenvalue weighted by molar-refractivity contribution is 7.14. The topological polar surface area (TPSA) is 104 Å². The molecule has 0 spiro atoms. The van der Waals surface area contributed by atoms with Gasteiger partial charge < -0.3 is 5.11 Å². The minimum Gasteiger partial charge on any atom is -0.481 e. The van der Waals surface area contributed by atoms with Gasteiger partial charge in [-0.25, -0.2) is 14.4 Å². The predicted octanol–water partition coefficient (Wildman–Crippen LogP) is 5.70. The smallest absolute Gasteiger partial charge is 0.304 e. The third-order valence-corrected chi connectivity index (χ3v) is 9.10. The highest BCUT2D eigenvalue weighted by Gasteiger charge is 2.40. The number of nitrogens with zero attached hydrogens (tertiary/aromatic N) is 4. The number of carbonyl (C=O) groups excluding carboxylic acids is 2. The van der Waals surface area contributed by atoms with Crippen LogP contribution in [0.25, 0.3) is 22.4 Å². The fraction of sp³-hybridized carbons (Fsp3) is 0.433. The Balaban J connectivity index is 1.32. The molecule has 0 radical (unpaired) electrons. The molecule has 0 bridgehead atoms. The summed E-state index contributed by atoms with van der Waals surface area (Å²) >= 11 is 1.32. The molecular formula is C30H31FN4O4S. The maximum atomic E-state index is 14.5. The molecule has 2 amide bonds. The number of thiazole rings is 1. The van der Waals surface area contributed by atoms with E-state index in [4.69, 9.17) is 4.98 Å². The maximum absolute atomic E-state index is 14.5. The molecule has 2 fully saturated rings. The minimum absolute atomic E-state index is 0.00814. The zero-order valence-corrected chi connectivity index (χ0v) is 23.1. The van der Waals surface area contributed by atoms with Crippen molar-refractivity contribution in [3.8, 4) is 22.4 Å². The third-order valence-electron chi connectivity index (χ3n) is 8.26. The van der Waals surface area contributed by atoms with Crippen LogP contribution in [0, 0.1) is 17.7 Å². The lowest BCUT2D eigenvalue weighted by Gasteiger charge is -2.26. The molecule has 0 unspecified atom stereocenters. The zero-order chi connectivity index (χ0) is 28.0. The van der Waals surface area contributed by atoms with Crippen LogP contribution in [-0.4, -0.2) is 45.9 Å². The SMILES string of the molecule is CN1C(=O)Cc2cc(-c3ccc(F)cc3-c3csc(N(C(=O)[C@@H](CC(=O)O)CC4CCCC4)C4CC4)n3)cnc21. The standard InChI is InChI=1S/C30H31FN4O4S/c1-34-26(36)12-18-11-20(15-32-28(18)34)23-9-6-21(31)14-24(23)25-16-40-30(33-25)35(22-7-8-22)29(39)19(13-27(37)38)10-17-4-2-3-5-17/h6,9,11,14-17,19,22H,2-5,7-8,10,12-13H2,1H3,(H,37,38)/t19-/m1/s1. The second-order valence-corrected chi connectivity index (χ2v) is 12.0. The van der Waals surface area contributed by atoms with Crippen molar-refractivity contribution in [1.29, 1.82) is 0 Å². The van der Waals surface area contributed by atoms with Crippen molar-refractivity contribution in [3.05, 3.63) is 47.2 Å². The number of carboxylic acid groups (broad SMARTS) is 1. The Morgan fingerprint density at radius 1 is 1.18 bits per heavy atom. The quantitative estimate of drug-likeness (QED) is 0.359. The lowest BCUT2D eigenvalue weighted by atomic mass is 9.90. The summed E-state index contributed by atoms with van der Waals surface area (Å²) in [6, 6.07) is 6.41. The van der Waals surface area contributed by atoms with Crippen LogP contribution in [0.2, 0.25) is 0 Å². The van der Waals surface area contributed by atoms with Gasteiger partial charge in [-0.1, -0.05) is 31.7 Å². The Hall–Kier alpha value is -3.66. The Kier molecular flexibility index (Phi) is 7.12. The van der Waals surface area contributed by atoms with E-state index in [0.29, 0.717) is 34.5 Å². The highest BCUT2D eigenvalue weighted by Crippen LogP contribution is 2.41. The monoisotopic (exact) mass is 562 g/mol. The van der Waals surface area contributed by atoms with E-state index in [-0.39, 0.29) is 30.7 Å². The van der Waals surface area contributed by atoms with Gasteiger partial charge >= 0.3 is 5.97 Å². The summed E-state index contributed by atoms with van der Waals surface area (Å²) < 4.78 is 14.5. The fourth-order valence-corrected chi connectivity index (χ4v) is 6.95. The first-order valence-electron chi connectivity index (χ1n) is 13.8. The van der Waals surface area contributed by atoms with Gasteiger partial charge in [-0.05, 0) is 48.9 Å². The molecule has 3 heterocycles. The molecule has 1 atom stereocenters. The maximum Gasteiger partial charge on any atom is 0.304 e. The molecule has 40 heavy (non-hydrogen) atoms. The molecule has 2 aromatic heterocycles. The average Bonchev–Trinajstić information content (AvgIpc) is 3.29. The van der Waals surface area contributed by atoms with Crippen LogP contribution < -0.4 is 9.80 Å². The Bertz CT molecular complexity index is 1480. The van der Waals surface area contributed by atoms with E-state index >= 15 is 0 Å². The van der Waals surface area contributed by atoms with E-state index < -0.39 is 17.7 Å². The molecule has 2 aliphatic carbocycles. The van der Waals surface area contributed by atoms with E-state index in [2.05, 4.69) is 4.98 Å². The number of hydrogen-bond acceptors (Lipinski definition) is 6. The van der Waals surface area contributed by atoms with Crippen molar-refractivity contribution in [2.45, 2.75) is 63.8 Å². The summed E-state index contributed by atoms with van der Waals surface area (Å²) in [5.41, 5.74) is 3.39. The summed E-state index contributed by atoms with van der Waals surface area (Å²) in [7, 11) is 1.70. The number of carbonyl (C=O) groups is 3. The molecule has 1 aliphatic heterocycles. The van der Waals surface area contributed by atoms with Crippen LogP contribution in [0.4, 0.5) is 15.3 Å². The van der Waals surface area contributed by atoms with Crippen LogP contribution in [0.3, 0.4) is 0 Å². The van der Waals surface area contributed by atoms with Crippen molar-refractivity contribution in [2.24, 2.45) is 11.8 Å². The summed E-state index contributed by atoms with van der Waals surface area (Å²) in [6.45, 7) is 0.